The Morgan fingerprint density at radius 3 is 2.60 bits per heavy atom. The van der Waals surface area contributed by atoms with Crippen LogP contribution in [0.1, 0.15) is 33.1 Å². The first-order valence-corrected chi connectivity index (χ1v) is 5.81. The van der Waals surface area contributed by atoms with Crippen molar-refractivity contribution in [2.24, 2.45) is 0 Å². The SMILES string of the molecule is CCCCC(=O)OC(O)C(C)(CS)OS. The quantitative estimate of drug-likeness (QED) is 0.279. The molecule has 15 heavy (non-hydrogen) atoms. The average Bonchev–Trinajstić information content (AvgIpc) is 2.24. The van der Waals surface area contributed by atoms with Crippen molar-refractivity contribution in [3.63, 3.8) is 0 Å². The Labute approximate surface area is 101 Å². The number of hydrogen-bond donors (Lipinski definition) is 3. The fourth-order valence-electron chi connectivity index (χ4n) is 0.781. The highest BCUT2D eigenvalue weighted by Gasteiger charge is 2.35. The number of ether oxygens (including phenoxy) is 1. The lowest BCUT2D eigenvalue weighted by atomic mass is 10.1. The molecule has 0 saturated heterocycles. The fourth-order valence-corrected chi connectivity index (χ4v) is 1.26. The molecule has 0 spiro atoms. The maximum absolute atomic E-state index is 11.2. The highest BCUT2D eigenvalue weighted by Crippen LogP contribution is 2.20. The van der Waals surface area contributed by atoms with E-state index in [1.807, 2.05) is 6.92 Å². The van der Waals surface area contributed by atoms with Gasteiger partial charge in [-0.25, -0.2) is 0 Å². The molecule has 90 valence electrons. The van der Waals surface area contributed by atoms with E-state index in [4.69, 9.17) is 8.92 Å². The molecule has 0 amide bonds. The van der Waals surface area contributed by atoms with Crippen molar-refractivity contribution in [3.05, 3.63) is 0 Å². The molecule has 0 saturated carbocycles. The molecule has 0 aromatic heterocycles. The standard InChI is InChI=1S/C9H18O4S2/c1-3-4-5-7(10)12-8(11)9(2,6-14)13-15/h8,11,14-15H,3-6H2,1-2H3. The van der Waals surface area contributed by atoms with Gasteiger partial charge in [0.05, 0.1) is 0 Å². The van der Waals surface area contributed by atoms with Gasteiger partial charge < -0.3 is 14.0 Å². The van der Waals surface area contributed by atoms with Crippen LogP contribution in [-0.2, 0) is 13.7 Å². The molecule has 1 N–H and O–H groups in total. The number of aliphatic hydroxyl groups is 1. The van der Waals surface area contributed by atoms with Crippen LogP contribution in [0.5, 0.6) is 0 Å². The van der Waals surface area contributed by atoms with Gasteiger partial charge in [-0.2, -0.15) is 12.6 Å². The van der Waals surface area contributed by atoms with Crippen LogP contribution in [0, 0.1) is 0 Å². The molecular weight excluding hydrogens is 236 g/mol. The summed E-state index contributed by atoms with van der Waals surface area (Å²) >= 11 is 7.60. The van der Waals surface area contributed by atoms with Crippen LogP contribution in [0.4, 0.5) is 0 Å². The number of thiol groups is 2. The zero-order chi connectivity index (χ0) is 11.9. The van der Waals surface area contributed by atoms with E-state index >= 15 is 0 Å². The number of esters is 1. The minimum Gasteiger partial charge on any atom is -0.433 e. The second-order valence-corrected chi connectivity index (χ2v) is 4.01. The smallest absolute Gasteiger partial charge is 0.308 e. The van der Waals surface area contributed by atoms with E-state index in [2.05, 4.69) is 25.5 Å². The van der Waals surface area contributed by atoms with E-state index in [9.17, 15) is 9.90 Å². The van der Waals surface area contributed by atoms with Gasteiger partial charge in [0.15, 0.2) is 5.60 Å². The van der Waals surface area contributed by atoms with Crippen LogP contribution in [0.25, 0.3) is 0 Å². The van der Waals surface area contributed by atoms with Crippen LogP contribution < -0.4 is 0 Å². The Balaban J connectivity index is 4.10. The molecule has 0 radical (unpaired) electrons. The van der Waals surface area contributed by atoms with Crippen molar-refractivity contribution in [2.45, 2.75) is 45.0 Å². The van der Waals surface area contributed by atoms with E-state index in [1.54, 1.807) is 6.92 Å². The minimum atomic E-state index is -1.35. The number of carbonyl (C=O) groups excluding carboxylic acids is 1. The molecule has 4 nitrogen and oxygen atoms in total. The van der Waals surface area contributed by atoms with Crippen LogP contribution >= 0.6 is 25.5 Å². The van der Waals surface area contributed by atoms with Crippen molar-refractivity contribution in [2.75, 3.05) is 5.75 Å². The topological polar surface area (TPSA) is 55.8 Å². The van der Waals surface area contributed by atoms with Crippen LogP contribution in [0.2, 0.25) is 0 Å². The minimum absolute atomic E-state index is 0.193. The summed E-state index contributed by atoms with van der Waals surface area (Å²) in [5.74, 6) is -0.249. The summed E-state index contributed by atoms with van der Waals surface area (Å²) in [6.07, 6.45) is 0.586. The number of rotatable bonds is 7. The predicted molar refractivity (Wildman–Crippen MR) is 64.0 cm³/mol. The maximum atomic E-state index is 11.2. The third-order valence-electron chi connectivity index (χ3n) is 2.02. The van der Waals surface area contributed by atoms with Gasteiger partial charge in [0, 0.05) is 12.2 Å². The van der Waals surface area contributed by atoms with Gasteiger partial charge in [0.2, 0.25) is 6.29 Å². The van der Waals surface area contributed by atoms with E-state index in [1.165, 1.54) is 0 Å². The second-order valence-electron chi connectivity index (χ2n) is 3.51. The van der Waals surface area contributed by atoms with Crippen LogP contribution in [0.3, 0.4) is 0 Å². The largest absolute Gasteiger partial charge is 0.433 e. The molecular formula is C9H18O4S2. The fraction of sp³-hybridized carbons (Fsp3) is 0.889. The predicted octanol–water partition coefficient (Wildman–Crippen LogP) is 1.59. The first-order chi connectivity index (χ1) is 7.00. The lowest BCUT2D eigenvalue weighted by Crippen LogP contribution is -2.44. The molecule has 0 aliphatic rings. The van der Waals surface area contributed by atoms with Gasteiger partial charge in [0.1, 0.15) is 0 Å². The summed E-state index contributed by atoms with van der Waals surface area (Å²) in [4.78, 5) is 11.2. The highest BCUT2D eigenvalue weighted by molar-refractivity contribution is 7.80. The highest BCUT2D eigenvalue weighted by atomic mass is 32.1. The van der Waals surface area contributed by atoms with Crippen LogP contribution in [0.15, 0.2) is 0 Å². The zero-order valence-corrected chi connectivity index (χ0v) is 10.8. The summed E-state index contributed by atoms with van der Waals surface area (Å²) < 4.78 is 9.54. The Morgan fingerprint density at radius 1 is 1.60 bits per heavy atom. The Morgan fingerprint density at radius 2 is 2.20 bits per heavy atom. The van der Waals surface area contributed by atoms with E-state index < -0.39 is 17.9 Å². The van der Waals surface area contributed by atoms with Gasteiger partial charge in [-0.05, 0) is 26.3 Å². The summed E-state index contributed by atoms with van der Waals surface area (Å²) in [6, 6.07) is 0. The molecule has 2 unspecified atom stereocenters. The number of hydrogen-bond acceptors (Lipinski definition) is 6. The molecule has 0 bridgehead atoms. The maximum Gasteiger partial charge on any atom is 0.308 e. The van der Waals surface area contributed by atoms with Gasteiger partial charge in [-0.1, -0.05) is 13.3 Å². The number of carbonyl (C=O) groups is 1. The summed E-state index contributed by atoms with van der Waals surface area (Å²) in [5.41, 5.74) is -1.09. The summed E-state index contributed by atoms with van der Waals surface area (Å²) in [5, 5.41) is 9.57. The monoisotopic (exact) mass is 254 g/mol. The van der Waals surface area contributed by atoms with E-state index in [-0.39, 0.29) is 5.75 Å². The third kappa shape index (κ3) is 5.10. The third-order valence-corrected chi connectivity index (χ3v) is 3.07. The average molecular weight is 254 g/mol. The number of unbranched alkanes of at least 4 members (excludes halogenated alkanes) is 1. The normalized spacial score (nSPS) is 16.9. The summed E-state index contributed by atoms with van der Waals surface area (Å²) in [6.45, 7) is 3.53. The molecule has 2 atom stereocenters. The molecule has 0 aromatic rings. The Kier molecular flexibility index (Phi) is 7.42. The van der Waals surface area contributed by atoms with Crippen LogP contribution in [-0.4, -0.2) is 28.7 Å². The first-order valence-electron chi connectivity index (χ1n) is 4.81. The van der Waals surface area contributed by atoms with Gasteiger partial charge in [-0.15, -0.1) is 0 Å². The Bertz CT molecular complexity index is 195. The van der Waals surface area contributed by atoms with Crippen molar-refractivity contribution < 1.29 is 18.8 Å². The molecule has 0 rings (SSSR count). The summed E-state index contributed by atoms with van der Waals surface area (Å²) in [7, 11) is 0. The van der Waals surface area contributed by atoms with E-state index in [0.717, 1.165) is 12.8 Å². The van der Waals surface area contributed by atoms with Gasteiger partial charge in [0.25, 0.3) is 0 Å². The lowest BCUT2D eigenvalue weighted by molar-refractivity contribution is -0.196. The second kappa shape index (κ2) is 7.38. The molecule has 0 aliphatic carbocycles. The van der Waals surface area contributed by atoms with Crippen molar-refractivity contribution in [1.82, 2.24) is 0 Å². The molecule has 0 heterocycles. The molecule has 6 heteroatoms. The van der Waals surface area contributed by atoms with Crippen molar-refractivity contribution in [1.29, 1.82) is 0 Å². The molecule has 0 aliphatic heterocycles. The van der Waals surface area contributed by atoms with Crippen molar-refractivity contribution >= 4 is 31.5 Å². The zero-order valence-electron chi connectivity index (χ0n) is 8.97. The number of aliphatic hydroxyl groups excluding tert-OH is 1. The first kappa shape index (κ1) is 15.1. The van der Waals surface area contributed by atoms with E-state index in [0.29, 0.717) is 6.42 Å². The lowest BCUT2D eigenvalue weighted by Gasteiger charge is -2.29. The van der Waals surface area contributed by atoms with Gasteiger partial charge >= 0.3 is 5.97 Å². The molecule has 0 fully saturated rings. The van der Waals surface area contributed by atoms with Gasteiger partial charge in [-0.3, -0.25) is 4.79 Å². The molecule has 0 aromatic carbocycles. The van der Waals surface area contributed by atoms with Crippen molar-refractivity contribution in [3.8, 4) is 0 Å². The Hall–Kier alpha value is 0.0900.